The molecule has 28 heavy (non-hydrogen) atoms. The van der Waals surface area contributed by atoms with Crippen molar-refractivity contribution in [2.24, 2.45) is 11.8 Å². The Morgan fingerprint density at radius 2 is 1.29 bits per heavy atom. The van der Waals surface area contributed by atoms with Crippen LogP contribution in [-0.2, 0) is 0 Å². The molecule has 0 fully saturated rings. The summed E-state index contributed by atoms with van der Waals surface area (Å²) in [6, 6.07) is 0. The van der Waals surface area contributed by atoms with E-state index in [9.17, 15) is 0 Å². The van der Waals surface area contributed by atoms with E-state index in [4.69, 9.17) is 0 Å². The summed E-state index contributed by atoms with van der Waals surface area (Å²) in [5, 5.41) is 10.9. The van der Waals surface area contributed by atoms with Gasteiger partial charge in [-0.25, -0.2) is 14.6 Å². The minimum atomic E-state index is 0.630. The third-order valence-corrected chi connectivity index (χ3v) is 2.31. The Kier molecular flexibility index (Phi) is 17.9. The topological polar surface area (TPSA) is 99.3 Å². The monoisotopic (exact) mass is 412 g/mol. The molecule has 0 amide bonds. The van der Waals surface area contributed by atoms with Crippen LogP contribution >= 0.6 is 11.7 Å². The number of aromatic nitrogens is 8. The van der Waals surface area contributed by atoms with Crippen molar-refractivity contribution < 1.29 is 4.63 Å². The minimum Gasteiger partial charge on any atom is -0.243 e. The van der Waals surface area contributed by atoms with Crippen LogP contribution < -0.4 is 0 Å². The van der Waals surface area contributed by atoms with Gasteiger partial charge in [0, 0.05) is 0 Å². The van der Waals surface area contributed by atoms with E-state index in [2.05, 4.69) is 75.9 Å². The Labute approximate surface area is 172 Å². The molecule has 0 bridgehead atoms. The van der Waals surface area contributed by atoms with Gasteiger partial charge in [0.05, 0.1) is 17.9 Å². The molecular weight excluding hydrogens is 376 g/mol. The predicted molar refractivity (Wildman–Crippen MR) is 115 cm³/mol. The second-order valence-electron chi connectivity index (χ2n) is 6.08. The van der Waals surface area contributed by atoms with Crippen molar-refractivity contribution in [1.29, 1.82) is 0 Å². The Morgan fingerprint density at radius 3 is 1.79 bits per heavy atom. The fourth-order valence-corrected chi connectivity index (χ4v) is 1.50. The normalized spacial score (nSPS) is 9.00. The van der Waals surface area contributed by atoms with E-state index < -0.39 is 0 Å². The van der Waals surface area contributed by atoms with Gasteiger partial charge < -0.3 is 0 Å². The Bertz CT molecular complexity index is 613. The molecule has 0 unspecified atom stereocenters. The summed E-state index contributed by atoms with van der Waals surface area (Å²) in [5.74, 6) is 1.67. The third-order valence-electron chi connectivity index (χ3n) is 1.67. The SMILES string of the molecule is CC.CC.CC(C)C.CC(C)C.c1nc2cnon2n1.c1nc2cnsn2n1. The fourth-order valence-electron chi connectivity index (χ4n) is 1.00. The van der Waals surface area contributed by atoms with Crippen LogP contribution in [0.5, 0.6) is 0 Å². The summed E-state index contributed by atoms with van der Waals surface area (Å²) in [5.41, 5.74) is 1.44. The molecule has 0 aliphatic carbocycles. The first-order chi connectivity index (χ1) is 13.4. The van der Waals surface area contributed by atoms with Gasteiger partial charge in [0.15, 0.2) is 5.65 Å². The summed E-state index contributed by atoms with van der Waals surface area (Å²) in [6.45, 7) is 21.0. The lowest BCUT2D eigenvalue weighted by Gasteiger charge is -1.79. The fraction of sp³-hybridized carbons (Fsp3) is 0.667. The molecule has 0 aliphatic rings. The van der Waals surface area contributed by atoms with Crippen LogP contribution in [-0.4, -0.2) is 38.3 Å². The van der Waals surface area contributed by atoms with Gasteiger partial charge in [-0.1, -0.05) is 74.4 Å². The molecule has 0 saturated heterocycles. The summed E-state index contributed by atoms with van der Waals surface area (Å²) in [6.07, 6.45) is 6.08. The van der Waals surface area contributed by atoms with E-state index in [0.717, 1.165) is 17.5 Å². The molecule has 4 aromatic heterocycles. The van der Waals surface area contributed by atoms with Crippen molar-refractivity contribution in [1.82, 2.24) is 38.3 Å². The van der Waals surface area contributed by atoms with Crippen molar-refractivity contribution in [2.45, 2.75) is 69.2 Å². The minimum absolute atomic E-state index is 0.630. The molecule has 160 valence electrons. The third kappa shape index (κ3) is 13.8. The molecule has 0 saturated carbocycles. The molecule has 0 spiro atoms. The Hall–Kier alpha value is -2.36. The van der Waals surface area contributed by atoms with Crippen LogP contribution in [0.25, 0.3) is 11.3 Å². The molecular formula is C18H36N8OS. The van der Waals surface area contributed by atoms with Crippen LogP contribution in [0, 0.1) is 11.8 Å². The molecule has 0 N–H and O–H groups in total. The average Bonchev–Trinajstić information content (AvgIpc) is 3.39. The number of fused-ring (bicyclic) bond motifs is 2. The van der Waals surface area contributed by atoms with Crippen LogP contribution in [0.1, 0.15) is 69.2 Å². The molecule has 4 aromatic rings. The summed E-state index contributed by atoms with van der Waals surface area (Å²) >= 11 is 1.29. The summed E-state index contributed by atoms with van der Waals surface area (Å²) < 4.78 is 11.3. The van der Waals surface area contributed by atoms with E-state index in [1.54, 1.807) is 10.1 Å². The van der Waals surface area contributed by atoms with Crippen LogP contribution in [0.4, 0.5) is 0 Å². The second-order valence-corrected chi connectivity index (χ2v) is 6.80. The van der Waals surface area contributed by atoms with Crippen molar-refractivity contribution >= 4 is 23.0 Å². The summed E-state index contributed by atoms with van der Waals surface area (Å²) in [4.78, 5) is 7.65. The highest BCUT2D eigenvalue weighted by atomic mass is 32.1. The maximum Gasteiger partial charge on any atom is 0.216 e. The zero-order valence-corrected chi connectivity index (χ0v) is 19.7. The molecule has 0 radical (unpaired) electrons. The largest absolute Gasteiger partial charge is 0.243 e. The van der Waals surface area contributed by atoms with Crippen molar-refractivity contribution in [3.05, 3.63) is 25.0 Å². The van der Waals surface area contributed by atoms with Crippen LogP contribution in [0.15, 0.2) is 29.7 Å². The molecule has 9 nitrogen and oxygen atoms in total. The smallest absolute Gasteiger partial charge is 0.216 e. The highest BCUT2D eigenvalue weighted by molar-refractivity contribution is 6.99. The van der Waals surface area contributed by atoms with Crippen LogP contribution in [0.3, 0.4) is 0 Å². The first-order valence-electron chi connectivity index (χ1n) is 9.62. The lowest BCUT2D eigenvalue weighted by atomic mass is 10.3. The standard InChI is InChI=1S/2C4H10.C3H2N4O.C3H2N4S.2C2H6/c2*1-4(2)3;2*1-3-4-2-5-7(3)8-6-1;2*1-2/h2*4H,1-3H3;2*1-2H;2*1-2H3. The zero-order valence-electron chi connectivity index (χ0n) is 18.9. The maximum absolute atomic E-state index is 4.55. The average molecular weight is 413 g/mol. The maximum atomic E-state index is 4.55. The molecule has 10 heteroatoms. The van der Waals surface area contributed by atoms with Gasteiger partial charge in [-0.3, -0.25) is 0 Å². The highest BCUT2D eigenvalue weighted by Gasteiger charge is 1.93. The number of rotatable bonds is 0. The Morgan fingerprint density at radius 1 is 0.786 bits per heavy atom. The summed E-state index contributed by atoms with van der Waals surface area (Å²) in [7, 11) is 0. The van der Waals surface area contributed by atoms with Gasteiger partial charge in [0.1, 0.15) is 18.9 Å². The van der Waals surface area contributed by atoms with E-state index in [-0.39, 0.29) is 0 Å². The first kappa shape index (κ1) is 27.9. The van der Waals surface area contributed by atoms with Gasteiger partial charge >= 0.3 is 0 Å². The quantitative estimate of drug-likeness (QED) is 0.387. The van der Waals surface area contributed by atoms with Gasteiger partial charge in [-0.2, -0.15) is 4.37 Å². The number of hydrogen-bond donors (Lipinski definition) is 0. The molecule has 0 aromatic carbocycles. The highest BCUT2D eigenvalue weighted by Crippen LogP contribution is 1.96. The zero-order chi connectivity index (χ0) is 21.9. The van der Waals surface area contributed by atoms with E-state index >= 15 is 0 Å². The van der Waals surface area contributed by atoms with Gasteiger partial charge in [-0.15, -0.1) is 14.1 Å². The second kappa shape index (κ2) is 18.0. The molecule has 0 atom stereocenters. The lowest BCUT2D eigenvalue weighted by molar-refractivity contribution is 0.245. The lowest BCUT2D eigenvalue weighted by Crippen LogP contribution is -1.75. The molecule has 0 aliphatic heterocycles. The van der Waals surface area contributed by atoms with Crippen molar-refractivity contribution in [2.75, 3.05) is 0 Å². The predicted octanol–water partition coefficient (Wildman–Crippen LogP) is 5.28. The van der Waals surface area contributed by atoms with Gasteiger partial charge in [0.2, 0.25) is 5.65 Å². The van der Waals surface area contributed by atoms with Gasteiger partial charge in [-0.05, 0) is 16.5 Å². The van der Waals surface area contributed by atoms with E-state index in [1.165, 1.54) is 35.3 Å². The Balaban J connectivity index is 0. The van der Waals surface area contributed by atoms with E-state index in [1.807, 2.05) is 27.7 Å². The first-order valence-corrected chi connectivity index (χ1v) is 10.3. The molecule has 4 heterocycles. The van der Waals surface area contributed by atoms with Crippen LogP contribution in [0.2, 0.25) is 0 Å². The van der Waals surface area contributed by atoms with Crippen molar-refractivity contribution in [3.8, 4) is 0 Å². The number of nitrogens with zero attached hydrogens (tertiary/aromatic N) is 8. The van der Waals surface area contributed by atoms with Gasteiger partial charge in [0.25, 0.3) is 0 Å². The van der Waals surface area contributed by atoms with E-state index in [0.29, 0.717) is 5.65 Å². The van der Waals surface area contributed by atoms with Crippen molar-refractivity contribution in [3.63, 3.8) is 0 Å². The molecule has 4 rings (SSSR count). The number of hydrogen-bond acceptors (Lipinski definition) is 8.